The number of aromatic amines is 1. The second-order valence-corrected chi connectivity index (χ2v) is 8.16. The number of amides is 1. The first-order valence-electron chi connectivity index (χ1n) is 8.24. The second-order valence-electron chi connectivity index (χ2n) is 6.45. The molecule has 1 aliphatic heterocycles. The van der Waals surface area contributed by atoms with Crippen molar-refractivity contribution in [3.05, 3.63) is 59.9 Å². The first-order valence-corrected chi connectivity index (χ1v) is 9.73. The lowest BCUT2D eigenvalue weighted by Crippen LogP contribution is -2.60. The number of nitrogens with one attached hydrogen (secondary N) is 2. The summed E-state index contributed by atoms with van der Waals surface area (Å²) in [6.07, 6.45) is 1.55. The molecule has 0 aliphatic carbocycles. The molecule has 1 saturated heterocycles. The SMILES string of the molecule is Cc1ccc(S(=O)(=O)NC2CN(C(=O)c3cccc4[nH]cnc34)C2)cc1. The topological polar surface area (TPSA) is 95.2 Å². The maximum absolute atomic E-state index is 12.7. The molecule has 1 fully saturated rings. The average molecular weight is 370 g/mol. The molecule has 1 aliphatic rings. The molecule has 134 valence electrons. The summed E-state index contributed by atoms with van der Waals surface area (Å²) in [5.74, 6) is -0.145. The normalized spacial score (nSPS) is 15.2. The summed E-state index contributed by atoms with van der Waals surface area (Å²) in [5, 5.41) is 0. The van der Waals surface area contributed by atoms with Gasteiger partial charge in [0.15, 0.2) is 0 Å². The van der Waals surface area contributed by atoms with E-state index in [9.17, 15) is 13.2 Å². The molecule has 4 rings (SSSR count). The molecule has 0 atom stereocenters. The molecular weight excluding hydrogens is 352 g/mol. The molecule has 0 spiro atoms. The Morgan fingerprint density at radius 1 is 1.19 bits per heavy atom. The van der Waals surface area contributed by atoms with Crippen LogP contribution in [0.15, 0.2) is 53.7 Å². The highest BCUT2D eigenvalue weighted by molar-refractivity contribution is 7.89. The number of benzene rings is 2. The minimum Gasteiger partial charge on any atom is -0.345 e. The van der Waals surface area contributed by atoms with Gasteiger partial charge in [0.25, 0.3) is 5.91 Å². The number of sulfonamides is 1. The van der Waals surface area contributed by atoms with Crippen molar-refractivity contribution in [2.24, 2.45) is 0 Å². The van der Waals surface area contributed by atoms with Crippen molar-refractivity contribution in [1.82, 2.24) is 19.6 Å². The van der Waals surface area contributed by atoms with Gasteiger partial charge in [-0.1, -0.05) is 23.8 Å². The summed E-state index contributed by atoms with van der Waals surface area (Å²) >= 11 is 0. The van der Waals surface area contributed by atoms with Crippen LogP contribution in [0.5, 0.6) is 0 Å². The zero-order chi connectivity index (χ0) is 18.3. The highest BCUT2D eigenvalue weighted by Gasteiger charge is 2.35. The first kappa shape index (κ1) is 16.7. The maximum Gasteiger partial charge on any atom is 0.256 e. The van der Waals surface area contributed by atoms with Crippen LogP contribution >= 0.6 is 0 Å². The Morgan fingerprint density at radius 3 is 2.65 bits per heavy atom. The van der Waals surface area contributed by atoms with Crippen LogP contribution in [0.25, 0.3) is 11.0 Å². The van der Waals surface area contributed by atoms with Crippen molar-refractivity contribution in [3.63, 3.8) is 0 Å². The molecule has 26 heavy (non-hydrogen) atoms. The highest BCUT2D eigenvalue weighted by atomic mass is 32.2. The molecule has 2 heterocycles. The standard InChI is InChI=1S/C18H18N4O3S/c1-12-5-7-14(8-6-12)26(24,25)21-13-9-22(10-13)18(23)15-3-2-4-16-17(15)20-11-19-16/h2-8,11,13,21H,9-10H2,1H3,(H,19,20). The van der Waals surface area contributed by atoms with Crippen molar-refractivity contribution in [3.8, 4) is 0 Å². The molecule has 2 N–H and O–H groups in total. The van der Waals surface area contributed by atoms with Gasteiger partial charge in [-0.15, -0.1) is 0 Å². The van der Waals surface area contributed by atoms with E-state index in [1.165, 1.54) is 0 Å². The number of aryl methyl sites for hydroxylation is 1. The molecule has 0 unspecified atom stereocenters. The molecule has 0 radical (unpaired) electrons. The van der Waals surface area contributed by atoms with Gasteiger partial charge in [-0.3, -0.25) is 4.79 Å². The summed E-state index contributed by atoms with van der Waals surface area (Å²) in [6.45, 7) is 2.58. The summed E-state index contributed by atoms with van der Waals surface area (Å²) in [7, 11) is -3.58. The Bertz CT molecular complexity index is 1070. The van der Waals surface area contributed by atoms with E-state index in [0.717, 1.165) is 11.1 Å². The fourth-order valence-electron chi connectivity index (χ4n) is 3.03. The third-order valence-corrected chi connectivity index (χ3v) is 6.04. The van der Waals surface area contributed by atoms with E-state index in [2.05, 4.69) is 14.7 Å². The van der Waals surface area contributed by atoms with Crippen LogP contribution in [0.2, 0.25) is 0 Å². The average Bonchev–Trinajstić information content (AvgIpc) is 3.06. The van der Waals surface area contributed by atoms with Gasteiger partial charge < -0.3 is 9.88 Å². The lowest BCUT2D eigenvalue weighted by atomic mass is 10.1. The lowest BCUT2D eigenvalue weighted by Gasteiger charge is -2.39. The van der Waals surface area contributed by atoms with Crippen LogP contribution in [-0.4, -0.2) is 48.3 Å². The molecule has 3 aromatic rings. The maximum atomic E-state index is 12.7. The predicted octanol–water partition coefficient (Wildman–Crippen LogP) is 1.67. The van der Waals surface area contributed by atoms with E-state index in [1.807, 2.05) is 13.0 Å². The summed E-state index contributed by atoms with van der Waals surface area (Å²) in [5.41, 5.74) is 2.94. The number of likely N-dealkylation sites (tertiary alicyclic amines) is 1. The molecule has 1 amide bonds. The third kappa shape index (κ3) is 2.97. The first-order chi connectivity index (χ1) is 12.4. The van der Waals surface area contributed by atoms with E-state index in [1.54, 1.807) is 47.6 Å². The van der Waals surface area contributed by atoms with E-state index in [0.29, 0.717) is 24.2 Å². The number of imidazole rings is 1. The largest absolute Gasteiger partial charge is 0.345 e. The summed E-state index contributed by atoms with van der Waals surface area (Å²) in [6, 6.07) is 11.8. The van der Waals surface area contributed by atoms with Crippen LogP contribution in [0.1, 0.15) is 15.9 Å². The van der Waals surface area contributed by atoms with Gasteiger partial charge in [-0.05, 0) is 31.2 Å². The number of nitrogens with zero attached hydrogens (tertiary/aromatic N) is 2. The Morgan fingerprint density at radius 2 is 1.92 bits per heavy atom. The Kier molecular flexibility index (Phi) is 4.01. The fraction of sp³-hybridized carbons (Fsp3) is 0.222. The van der Waals surface area contributed by atoms with Crippen LogP contribution in [0.3, 0.4) is 0 Å². The van der Waals surface area contributed by atoms with Gasteiger partial charge in [0, 0.05) is 13.1 Å². The number of aromatic nitrogens is 2. The molecular formula is C18H18N4O3S. The molecule has 8 heteroatoms. The fourth-order valence-corrected chi connectivity index (χ4v) is 4.25. The zero-order valence-corrected chi connectivity index (χ0v) is 15.0. The monoisotopic (exact) mass is 370 g/mol. The van der Waals surface area contributed by atoms with Gasteiger partial charge in [-0.2, -0.15) is 0 Å². The van der Waals surface area contributed by atoms with Gasteiger partial charge in [0.2, 0.25) is 10.0 Å². The van der Waals surface area contributed by atoms with Crippen molar-refractivity contribution >= 4 is 27.0 Å². The van der Waals surface area contributed by atoms with E-state index in [4.69, 9.17) is 0 Å². The quantitative estimate of drug-likeness (QED) is 0.730. The number of hydrogen-bond donors (Lipinski definition) is 2. The number of hydrogen-bond acceptors (Lipinski definition) is 4. The Labute approximate surface area is 151 Å². The summed E-state index contributed by atoms with van der Waals surface area (Å²) in [4.78, 5) is 21.7. The number of H-pyrrole nitrogens is 1. The van der Waals surface area contributed by atoms with Crippen LogP contribution in [-0.2, 0) is 10.0 Å². The molecule has 0 bridgehead atoms. The molecule has 1 aromatic heterocycles. The Balaban J connectivity index is 1.43. The number of carbonyl (C=O) groups excluding carboxylic acids is 1. The predicted molar refractivity (Wildman–Crippen MR) is 97.3 cm³/mol. The highest BCUT2D eigenvalue weighted by Crippen LogP contribution is 2.21. The van der Waals surface area contributed by atoms with Crippen molar-refractivity contribution in [1.29, 1.82) is 0 Å². The van der Waals surface area contributed by atoms with Gasteiger partial charge in [0.05, 0.1) is 28.3 Å². The summed E-state index contributed by atoms with van der Waals surface area (Å²) < 4.78 is 27.5. The zero-order valence-electron chi connectivity index (χ0n) is 14.1. The van der Waals surface area contributed by atoms with Crippen molar-refractivity contribution < 1.29 is 13.2 Å². The molecule has 0 saturated carbocycles. The van der Waals surface area contributed by atoms with E-state index in [-0.39, 0.29) is 16.8 Å². The van der Waals surface area contributed by atoms with Gasteiger partial charge >= 0.3 is 0 Å². The lowest BCUT2D eigenvalue weighted by molar-refractivity contribution is 0.0593. The number of rotatable bonds is 4. The van der Waals surface area contributed by atoms with Gasteiger partial charge in [0.1, 0.15) is 5.52 Å². The Hall–Kier alpha value is -2.71. The van der Waals surface area contributed by atoms with Crippen LogP contribution in [0.4, 0.5) is 0 Å². The molecule has 7 nitrogen and oxygen atoms in total. The smallest absolute Gasteiger partial charge is 0.256 e. The third-order valence-electron chi connectivity index (χ3n) is 4.50. The van der Waals surface area contributed by atoms with Crippen molar-refractivity contribution in [2.75, 3.05) is 13.1 Å². The molecule has 2 aromatic carbocycles. The minimum absolute atomic E-state index is 0.145. The number of fused-ring (bicyclic) bond motifs is 1. The number of carbonyl (C=O) groups is 1. The second kappa shape index (κ2) is 6.22. The van der Waals surface area contributed by atoms with E-state index >= 15 is 0 Å². The van der Waals surface area contributed by atoms with Crippen LogP contribution < -0.4 is 4.72 Å². The number of para-hydroxylation sites is 1. The minimum atomic E-state index is -3.58. The van der Waals surface area contributed by atoms with E-state index < -0.39 is 10.0 Å². The van der Waals surface area contributed by atoms with Gasteiger partial charge in [-0.25, -0.2) is 18.1 Å². The van der Waals surface area contributed by atoms with Crippen LogP contribution in [0, 0.1) is 6.92 Å². The van der Waals surface area contributed by atoms with Crippen molar-refractivity contribution in [2.45, 2.75) is 17.9 Å².